The summed E-state index contributed by atoms with van der Waals surface area (Å²) >= 11 is 6.59. The number of benzene rings is 3. The van der Waals surface area contributed by atoms with E-state index in [-0.39, 0.29) is 53.3 Å². The second-order valence-electron chi connectivity index (χ2n) is 19.0. The standard InChI is InChI=1S/C52H55ClF3N12O6P/c1-74-43-29-42(39(60-45(70)15-18-52(54,55)56)28-40(43)62-51-59-30-36(53)48(64-51)61-38-12-11-37-46(58-20-19-57-37)47(38)75(2,3)73)67-22-16-33(17-23-67)66-26-24-65(25-27-66)21-6-4-5-8-32-9-7-10-34-35(32)31-68(50(34)72)41-13-14-44(69)63-49(41)71/h7,9-12,15,18-20,28-30,33,41H,4,6,13-14,16-17,21-27,31H2,1-3H3,(H,60,70)(H,63,69,71)(H2,59,61,62,64)/b18-15+. The Balaban J connectivity index is 0.820. The summed E-state index contributed by atoms with van der Waals surface area (Å²) in [5, 5.41) is 11.9. The average molecular weight is 1070 g/mol. The first-order valence-electron chi connectivity index (χ1n) is 24.5. The number of fused-ring (bicyclic) bond motifs is 2. The number of piperazine rings is 1. The van der Waals surface area contributed by atoms with Crippen LogP contribution in [0, 0.1) is 11.8 Å². The topological polar surface area (TPSA) is 207 Å². The van der Waals surface area contributed by atoms with E-state index in [1.165, 1.54) is 24.4 Å². The number of amides is 4. The maximum Gasteiger partial charge on any atom is 0.409 e. The number of ether oxygens (including phenoxy) is 1. The van der Waals surface area contributed by atoms with E-state index in [0.717, 1.165) is 63.1 Å². The lowest BCUT2D eigenvalue weighted by Gasteiger charge is -2.43. The Kier molecular flexibility index (Phi) is 15.7. The molecule has 18 nitrogen and oxygen atoms in total. The number of hydrogen-bond acceptors (Lipinski definition) is 15. The van der Waals surface area contributed by atoms with Crippen LogP contribution in [-0.2, 0) is 25.5 Å². The fourth-order valence-corrected chi connectivity index (χ4v) is 11.6. The van der Waals surface area contributed by atoms with Crippen LogP contribution in [0.4, 0.5) is 47.7 Å². The molecule has 0 radical (unpaired) electrons. The first-order valence-corrected chi connectivity index (χ1v) is 27.5. The first kappa shape index (κ1) is 52.7. The lowest BCUT2D eigenvalue weighted by Crippen LogP contribution is -2.53. The van der Waals surface area contributed by atoms with E-state index in [2.05, 4.69) is 67.7 Å². The highest BCUT2D eigenvalue weighted by Crippen LogP contribution is 2.43. The van der Waals surface area contributed by atoms with Gasteiger partial charge in [-0.3, -0.25) is 39.4 Å². The minimum atomic E-state index is -4.69. The molecular weight excluding hydrogens is 1010 g/mol. The summed E-state index contributed by atoms with van der Waals surface area (Å²) in [7, 11) is -1.45. The van der Waals surface area contributed by atoms with Gasteiger partial charge in [-0.05, 0) is 81.5 Å². The summed E-state index contributed by atoms with van der Waals surface area (Å²) < 4.78 is 58.8. The lowest BCUT2D eigenvalue weighted by molar-refractivity contribution is -0.137. The molecule has 0 aliphatic carbocycles. The van der Waals surface area contributed by atoms with Gasteiger partial charge in [-0.1, -0.05) is 29.5 Å². The summed E-state index contributed by atoms with van der Waals surface area (Å²) in [4.78, 5) is 76.8. The third-order valence-corrected chi connectivity index (χ3v) is 15.5. The second-order valence-corrected chi connectivity index (χ2v) is 22.6. The van der Waals surface area contributed by atoms with E-state index in [9.17, 15) is 36.9 Å². The molecule has 1 unspecified atom stereocenters. The lowest BCUT2D eigenvalue weighted by atomic mass is 10.0. The minimum Gasteiger partial charge on any atom is -0.494 e. The van der Waals surface area contributed by atoms with E-state index in [1.54, 1.807) is 55.9 Å². The van der Waals surface area contributed by atoms with Crippen LogP contribution in [-0.4, -0.2) is 143 Å². The van der Waals surface area contributed by atoms with Crippen molar-refractivity contribution in [3.63, 3.8) is 0 Å². The number of rotatable bonds is 14. The van der Waals surface area contributed by atoms with Crippen molar-refractivity contribution < 1.29 is 41.7 Å². The molecule has 4 amide bonds. The first-order chi connectivity index (χ1) is 35.9. The number of alkyl halides is 3. The second kappa shape index (κ2) is 22.4. The molecule has 4 aliphatic heterocycles. The van der Waals surface area contributed by atoms with Crippen LogP contribution in [0.1, 0.15) is 60.0 Å². The molecule has 2 aromatic heterocycles. The van der Waals surface area contributed by atoms with Gasteiger partial charge in [-0.25, -0.2) is 4.98 Å². The van der Waals surface area contributed by atoms with E-state index >= 15 is 0 Å². The molecule has 75 heavy (non-hydrogen) atoms. The van der Waals surface area contributed by atoms with Crippen molar-refractivity contribution in [1.29, 1.82) is 0 Å². The summed E-state index contributed by atoms with van der Waals surface area (Å²) in [6.07, 6.45) is 3.75. The fourth-order valence-electron chi connectivity index (χ4n) is 10.0. The van der Waals surface area contributed by atoms with Crippen LogP contribution in [0.3, 0.4) is 0 Å². The zero-order valence-electron chi connectivity index (χ0n) is 41.5. The van der Waals surface area contributed by atoms with Crippen LogP contribution < -0.4 is 36.2 Å². The molecule has 9 rings (SSSR count). The highest BCUT2D eigenvalue weighted by molar-refractivity contribution is 7.71. The Bertz CT molecular complexity index is 3180. The molecule has 3 aromatic carbocycles. The summed E-state index contributed by atoms with van der Waals surface area (Å²) in [5.74, 6) is 5.17. The number of imide groups is 1. The Morgan fingerprint density at radius 2 is 1.73 bits per heavy atom. The maximum absolute atomic E-state index is 13.6. The SMILES string of the molecule is COc1cc(N2CCC(N3CCN(CCCC#Cc4cccc5c4CN(C4CCC(=O)NC4=O)C5=O)CC3)CC2)c(NC(=O)/C=C/C(F)(F)F)cc1Nc1ncc(Cl)c(Nc2ccc3nccnc3c2P(C)(C)=O)n1. The summed E-state index contributed by atoms with van der Waals surface area (Å²) in [6.45, 7) is 9.23. The molecule has 392 valence electrons. The monoisotopic (exact) mass is 1070 g/mol. The normalized spacial score (nSPS) is 18.0. The Hall–Kier alpha value is -7.11. The summed E-state index contributed by atoms with van der Waals surface area (Å²) in [5.41, 5.74) is 4.72. The van der Waals surface area contributed by atoms with Gasteiger partial charge in [-0.15, -0.1) is 0 Å². The molecule has 4 aliphatic rings. The number of allylic oxidation sites excluding steroid dienone is 1. The molecule has 1 atom stereocenters. The number of hydrogen-bond donors (Lipinski definition) is 4. The number of piperidine rings is 2. The fraction of sp³-hybridized carbons (Fsp3) is 0.385. The van der Waals surface area contributed by atoms with Crippen molar-refractivity contribution in [1.82, 2.24) is 40.0 Å². The number of methoxy groups -OCH3 is 1. The zero-order valence-corrected chi connectivity index (χ0v) is 43.1. The van der Waals surface area contributed by atoms with Crippen molar-refractivity contribution in [2.24, 2.45) is 0 Å². The Morgan fingerprint density at radius 1 is 0.960 bits per heavy atom. The van der Waals surface area contributed by atoms with Crippen LogP contribution in [0.25, 0.3) is 11.0 Å². The van der Waals surface area contributed by atoms with Crippen LogP contribution >= 0.6 is 18.7 Å². The molecule has 0 saturated carbocycles. The van der Waals surface area contributed by atoms with Gasteiger partial charge in [0.2, 0.25) is 23.7 Å². The highest BCUT2D eigenvalue weighted by atomic mass is 35.5. The van der Waals surface area contributed by atoms with Crippen molar-refractivity contribution >= 4 is 93.2 Å². The van der Waals surface area contributed by atoms with Crippen molar-refractivity contribution in [3.05, 3.63) is 94.9 Å². The molecule has 5 aromatic rings. The van der Waals surface area contributed by atoms with Crippen molar-refractivity contribution in [3.8, 4) is 17.6 Å². The van der Waals surface area contributed by atoms with Crippen molar-refractivity contribution in [2.75, 3.05) is 87.1 Å². The molecule has 0 bridgehead atoms. The number of anilines is 6. The molecule has 3 fully saturated rings. The van der Waals surface area contributed by atoms with Gasteiger partial charge in [0, 0.05) is 106 Å². The Labute approximate surface area is 436 Å². The predicted octanol–water partition coefficient (Wildman–Crippen LogP) is 7.05. The number of carbonyl (C=O) groups is 4. The van der Waals surface area contributed by atoms with Crippen LogP contribution in [0.15, 0.2) is 73.2 Å². The quantitative estimate of drug-likeness (QED) is 0.0289. The number of nitrogens with zero attached hydrogens (tertiary/aromatic N) is 8. The average Bonchev–Trinajstić information content (AvgIpc) is 3.72. The van der Waals surface area contributed by atoms with Crippen LogP contribution in [0.2, 0.25) is 5.02 Å². The smallest absolute Gasteiger partial charge is 0.409 e. The van der Waals surface area contributed by atoms with E-state index in [4.69, 9.17) is 16.3 Å². The van der Waals surface area contributed by atoms with Gasteiger partial charge in [0.25, 0.3) is 5.91 Å². The number of nitrogens with one attached hydrogen (secondary N) is 4. The number of aromatic nitrogens is 4. The molecular formula is C52H55ClF3N12O6P. The molecule has 3 saturated heterocycles. The number of halogens is 4. The van der Waals surface area contributed by atoms with E-state index in [1.807, 2.05) is 6.07 Å². The molecule has 23 heteroatoms. The zero-order chi connectivity index (χ0) is 53.0. The summed E-state index contributed by atoms with van der Waals surface area (Å²) in [6, 6.07) is 11.8. The van der Waals surface area contributed by atoms with E-state index in [0.29, 0.717) is 82.8 Å². The third-order valence-electron chi connectivity index (χ3n) is 13.7. The van der Waals surface area contributed by atoms with E-state index < -0.39 is 31.2 Å². The highest BCUT2D eigenvalue weighted by Gasteiger charge is 2.40. The third kappa shape index (κ3) is 12.4. The van der Waals surface area contributed by atoms with Gasteiger partial charge in [0.1, 0.15) is 29.5 Å². The Morgan fingerprint density at radius 3 is 2.47 bits per heavy atom. The molecule has 0 spiro atoms. The van der Waals surface area contributed by atoms with Gasteiger partial charge < -0.3 is 40.0 Å². The minimum absolute atomic E-state index is 0.0587. The van der Waals surface area contributed by atoms with Crippen LogP contribution in [0.5, 0.6) is 5.75 Å². The van der Waals surface area contributed by atoms with Crippen molar-refractivity contribution in [2.45, 2.75) is 63.3 Å². The number of unbranched alkanes of at least 4 members (excludes halogenated alkanes) is 1. The maximum atomic E-state index is 13.6. The van der Waals surface area contributed by atoms with Gasteiger partial charge in [-0.2, -0.15) is 18.2 Å². The number of carbonyl (C=O) groups excluding carboxylic acids is 4. The van der Waals surface area contributed by atoms with Gasteiger partial charge in [0.15, 0.2) is 5.82 Å². The van der Waals surface area contributed by atoms with Gasteiger partial charge in [0.05, 0.1) is 46.9 Å². The molecule has 6 heterocycles. The van der Waals surface area contributed by atoms with Gasteiger partial charge >= 0.3 is 6.18 Å². The largest absolute Gasteiger partial charge is 0.494 e. The predicted molar refractivity (Wildman–Crippen MR) is 281 cm³/mol. The molecule has 4 N–H and O–H groups in total.